The lowest BCUT2D eigenvalue weighted by molar-refractivity contribution is 0.0691. The topological polar surface area (TPSA) is 119 Å². The average Bonchev–Trinajstić information content (AvgIpc) is 2.34. The van der Waals surface area contributed by atoms with Crippen molar-refractivity contribution >= 4 is 18.0 Å². The maximum absolute atomic E-state index is 11.7. The largest absolute Gasteiger partial charge is 0.478 e. The summed E-state index contributed by atoms with van der Waals surface area (Å²) in [4.78, 5) is 32.8. The molecule has 0 saturated heterocycles. The summed E-state index contributed by atoms with van der Waals surface area (Å²) < 4.78 is 4.41. The minimum atomic E-state index is -1.19. The minimum absolute atomic E-state index is 0.0454. The highest BCUT2D eigenvalue weighted by Gasteiger charge is 2.15. The summed E-state index contributed by atoms with van der Waals surface area (Å²) in [5.74, 6) is -1.74. The highest BCUT2D eigenvalue weighted by Crippen LogP contribution is 2.08. The molecule has 0 aliphatic rings. The molecule has 2 amide bonds. The van der Waals surface area contributed by atoms with E-state index in [2.05, 4.69) is 10.1 Å². The molecule has 0 fully saturated rings. The summed E-state index contributed by atoms with van der Waals surface area (Å²) >= 11 is 0. The van der Waals surface area contributed by atoms with Gasteiger partial charge in [-0.3, -0.25) is 4.79 Å². The van der Waals surface area contributed by atoms with E-state index in [9.17, 15) is 14.4 Å². The fourth-order valence-electron chi connectivity index (χ4n) is 1.28. The third-order valence-corrected chi connectivity index (χ3v) is 2.03. The van der Waals surface area contributed by atoms with Crippen LogP contribution in [0.5, 0.6) is 0 Å². The van der Waals surface area contributed by atoms with E-state index in [1.807, 2.05) is 0 Å². The first-order chi connectivity index (χ1) is 8.52. The van der Waals surface area contributed by atoms with Gasteiger partial charge >= 0.3 is 12.1 Å². The molecule has 4 N–H and O–H groups in total. The zero-order valence-electron chi connectivity index (χ0n) is 9.38. The molecule has 0 saturated carbocycles. The second-order valence-corrected chi connectivity index (χ2v) is 3.27. The number of carbonyl (C=O) groups is 3. The van der Waals surface area contributed by atoms with Gasteiger partial charge in [-0.2, -0.15) is 0 Å². The van der Waals surface area contributed by atoms with Crippen molar-refractivity contribution < 1.29 is 24.2 Å². The quantitative estimate of drug-likeness (QED) is 0.647. The third-order valence-electron chi connectivity index (χ3n) is 2.03. The second kappa shape index (κ2) is 6.24. The molecular formula is C11H12N2O5. The first-order valence-electron chi connectivity index (χ1n) is 5.05. The molecule has 18 heavy (non-hydrogen) atoms. The van der Waals surface area contributed by atoms with Crippen LogP contribution in [0.3, 0.4) is 0 Å². The molecule has 0 radical (unpaired) electrons. The van der Waals surface area contributed by atoms with Crippen molar-refractivity contribution in [3.8, 4) is 0 Å². The molecule has 96 valence electrons. The first kappa shape index (κ1) is 13.5. The summed E-state index contributed by atoms with van der Waals surface area (Å²) in [5, 5.41) is 11.3. The molecular weight excluding hydrogens is 240 g/mol. The minimum Gasteiger partial charge on any atom is -0.478 e. The van der Waals surface area contributed by atoms with Crippen LogP contribution in [0.4, 0.5) is 4.79 Å². The number of ether oxygens (including phenoxy) is 1. The van der Waals surface area contributed by atoms with Crippen molar-refractivity contribution in [2.75, 3.05) is 13.2 Å². The lowest BCUT2D eigenvalue weighted by Gasteiger charge is -2.07. The number of primary amides is 1. The molecule has 1 rings (SSSR count). The van der Waals surface area contributed by atoms with Crippen molar-refractivity contribution in [2.45, 2.75) is 0 Å². The molecule has 0 aliphatic heterocycles. The lowest BCUT2D eigenvalue weighted by atomic mass is 10.1. The Hall–Kier alpha value is -2.57. The Morgan fingerprint density at radius 2 is 1.83 bits per heavy atom. The van der Waals surface area contributed by atoms with Gasteiger partial charge in [-0.1, -0.05) is 12.1 Å². The van der Waals surface area contributed by atoms with E-state index >= 15 is 0 Å². The molecule has 0 spiro atoms. The predicted octanol–water partition coefficient (Wildman–Crippen LogP) is 0.210. The fourth-order valence-corrected chi connectivity index (χ4v) is 1.28. The summed E-state index contributed by atoms with van der Waals surface area (Å²) in [7, 11) is 0. The zero-order valence-corrected chi connectivity index (χ0v) is 9.38. The Bertz CT molecular complexity index is 472. The zero-order chi connectivity index (χ0) is 13.5. The highest BCUT2D eigenvalue weighted by molar-refractivity contribution is 6.04. The Kier molecular flexibility index (Phi) is 4.67. The molecule has 0 bridgehead atoms. The number of carbonyl (C=O) groups excluding carboxylic acids is 2. The summed E-state index contributed by atoms with van der Waals surface area (Å²) in [6, 6.07) is 5.81. The predicted molar refractivity (Wildman–Crippen MR) is 61.3 cm³/mol. The summed E-state index contributed by atoms with van der Waals surface area (Å²) in [6.45, 7) is -0.0218. The molecule has 1 aromatic rings. The summed E-state index contributed by atoms with van der Waals surface area (Å²) in [6.07, 6.45) is -0.935. The molecule has 7 heteroatoms. The Morgan fingerprint density at radius 3 is 2.39 bits per heavy atom. The van der Waals surface area contributed by atoms with Gasteiger partial charge in [0.05, 0.1) is 17.7 Å². The van der Waals surface area contributed by atoms with Gasteiger partial charge in [0.15, 0.2) is 0 Å². The third kappa shape index (κ3) is 3.78. The standard InChI is InChI=1S/C11H12N2O5/c12-11(17)18-6-5-13-9(14)7-3-1-2-4-8(7)10(15)16/h1-4H,5-6H2,(H2,12,17)(H,13,14)(H,15,16). The van der Waals surface area contributed by atoms with E-state index in [4.69, 9.17) is 10.8 Å². The molecule has 0 atom stereocenters. The number of rotatable bonds is 5. The Morgan fingerprint density at radius 1 is 1.22 bits per heavy atom. The van der Waals surface area contributed by atoms with Crippen LogP contribution in [-0.2, 0) is 4.74 Å². The van der Waals surface area contributed by atoms with Crippen molar-refractivity contribution in [1.29, 1.82) is 0 Å². The number of carboxylic acids is 1. The van der Waals surface area contributed by atoms with E-state index < -0.39 is 18.0 Å². The number of aromatic carboxylic acids is 1. The summed E-state index contributed by atoms with van der Waals surface area (Å²) in [5.41, 5.74) is 4.69. The van der Waals surface area contributed by atoms with Gasteiger partial charge in [-0.15, -0.1) is 0 Å². The van der Waals surface area contributed by atoms with E-state index in [-0.39, 0.29) is 24.3 Å². The van der Waals surface area contributed by atoms with Gasteiger partial charge in [0, 0.05) is 0 Å². The van der Waals surface area contributed by atoms with Gasteiger partial charge < -0.3 is 20.9 Å². The van der Waals surface area contributed by atoms with Crippen LogP contribution in [0.25, 0.3) is 0 Å². The number of nitrogens with two attached hydrogens (primary N) is 1. The number of hydrogen-bond acceptors (Lipinski definition) is 4. The number of hydrogen-bond donors (Lipinski definition) is 3. The maximum Gasteiger partial charge on any atom is 0.404 e. The van der Waals surface area contributed by atoms with Crippen LogP contribution in [0, 0.1) is 0 Å². The first-order valence-corrected chi connectivity index (χ1v) is 5.05. The molecule has 0 aromatic heterocycles. The average molecular weight is 252 g/mol. The fraction of sp³-hybridized carbons (Fsp3) is 0.182. The normalized spacial score (nSPS) is 9.56. The van der Waals surface area contributed by atoms with E-state index in [0.717, 1.165) is 0 Å². The van der Waals surface area contributed by atoms with Crippen molar-refractivity contribution in [3.63, 3.8) is 0 Å². The van der Waals surface area contributed by atoms with Gasteiger partial charge in [-0.25, -0.2) is 9.59 Å². The van der Waals surface area contributed by atoms with Crippen LogP contribution in [0.1, 0.15) is 20.7 Å². The smallest absolute Gasteiger partial charge is 0.404 e. The Balaban J connectivity index is 2.61. The monoisotopic (exact) mass is 252 g/mol. The van der Waals surface area contributed by atoms with Gasteiger partial charge in [0.2, 0.25) is 0 Å². The lowest BCUT2D eigenvalue weighted by Crippen LogP contribution is -2.30. The van der Waals surface area contributed by atoms with Crippen molar-refractivity contribution in [2.24, 2.45) is 5.73 Å². The Labute approximate surface area is 103 Å². The SMILES string of the molecule is NC(=O)OCCNC(=O)c1ccccc1C(=O)O. The molecule has 0 unspecified atom stereocenters. The van der Waals surface area contributed by atoms with Crippen molar-refractivity contribution in [3.05, 3.63) is 35.4 Å². The maximum atomic E-state index is 11.7. The van der Waals surface area contributed by atoms with E-state index in [0.29, 0.717) is 0 Å². The number of carboxylic acid groups (broad SMARTS) is 1. The van der Waals surface area contributed by atoms with Crippen LogP contribution >= 0.6 is 0 Å². The second-order valence-electron chi connectivity index (χ2n) is 3.27. The number of nitrogens with one attached hydrogen (secondary N) is 1. The highest BCUT2D eigenvalue weighted by atomic mass is 16.5. The van der Waals surface area contributed by atoms with Crippen LogP contribution in [0.15, 0.2) is 24.3 Å². The molecule has 7 nitrogen and oxygen atoms in total. The number of amides is 2. The van der Waals surface area contributed by atoms with E-state index in [1.165, 1.54) is 18.2 Å². The number of benzene rings is 1. The van der Waals surface area contributed by atoms with Crippen LogP contribution in [0.2, 0.25) is 0 Å². The van der Waals surface area contributed by atoms with Crippen LogP contribution in [-0.4, -0.2) is 36.2 Å². The van der Waals surface area contributed by atoms with Crippen molar-refractivity contribution in [1.82, 2.24) is 5.32 Å². The van der Waals surface area contributed by atoms with Crippen LogP contribution < -0.4 is 11.1 Å². The van der Waals surface area contributed by atoms with Gasteiger partial charge in [0.1, 0.15) is 6.61 Å². The molecule has 1 aromatic carbocycles. The van der Waals surface area contributed by atoms with E-state index in [1.54, 1.807) is 6.07 Å². The van der Waals surface area contributed by atoms with Gasteiger partial charge in [-0.05, 0) is 12.1 Å². The molecule has 0 heterocycles. The van der Waals surface area contributed by atoms with Gasteiger partial charge in [0.25, 0.3) is 5.91 Å². The molecule has 0 aliphatic carbocycles.